The second-order valence-corrected chi connectivity index (χ2v) is 8.40. The van der Waals surface area contributed by atoms with Crippen LogP contribution in [0.3, 0.4) is 0 Å². The number of carbonyl (C=O) groups is 1. The summed E-state index contributed by atoms with van der Waals surface area (Å²) in [5, 5.41) is 2.54. The van der Waals surface area contributed by atoms with Crippen LogP contribution < -0.4 is 9.47 Å². The van der Waals surface area contributed by atoms with Gasteiger partial charge in [-0.05, 0) is 40.1 Å². The highest BCUT2D eigenvalue weighted by molar-refractivity contribution is 8.13. The number of thioether (sulfide) groups is 1. The molecule has 0 unspecified atom stereocenters. The van der Waals surface area contributed by atoms with Crippen LogP contribution in [0.5, 0.6) is 0 Å². The van der Waals surface area contributed by atoms with Crippen molar-refractivity contribution in [3.8, 4) is 0 Å². The number of rotatable bonds is 6. The molecule has 0 aliphatic carbocycles. The molecule has 4 nitrogen and oxygen atoms in total. The second-order valence-electron chi connectivity index (χ2n) is 7.35. The standard InChI is InChI=1S/C24H28N3OS/c1-25(2)24(28)29-16-15-27(4)23-10-9-21-17-20(7-8-22(21)18-23)6-5-19-11-13-26(3)14-12-19/h5-14,17-18H,15-16H2,1-4H3/q+1. The van der Waals surface area contributed by atoms with Gasteiger partial charge in [0.05, 0.1) is 0 Å². The van der Waals surface area contributed by atoms with Crippen molar-refractivity contribution < 1.29 is 9.36 Å². The van der Waals surface area contributed by atoms with Crippen LogP contribution in [-0.4, -0.2) is 43.6 Å². The molecule has 5 heteroatoms. The number of benzene rings is 2. The van der Waals surface area contributed by atoms with E-state index in [0.29, 0.717) is 0 Å². The van der Waals surface area contributed by atoms with E-state index in [1.165, 1.54) is 33.7 Å². The number of aryl methyl sites for hydroxylation is 1. The van der Waals surface area contributed by atoms with Crippen LogP contribution >= 0.6 is 11.8 Å². The summed E-state index contributed by atoms with van der Waals surface area (Å²) in [6, 6.07) is 17.3. The van der Waals surface area contributed by atoms with Gasteiger partial charge in [-0.3, -0.25) is 4.79 Å². The maximum Gasteiger partial charge on any atom is 0.281 e. The van der Waals surface area contributed by atoms with E-state index in [9.17, 15) is 4.79 Å². The molecule has 0 bridgehead atoms. The molecule has 3 aromatic rings. The number of aromatic nitrogens is 1. The Bertz CT molecular complexity index is 1010. The molecule has 1 heterocycles. The summed E-state index contributed by atoms with van der Waals surface area (Å²) in [5.41, 5.74) is 3.53. The largest absolute Gasteiger partial charge is 0.374 e. The summed E-state index contributed by atoms with van der Waals surface area (Å²) in [6.07, 6.45) is 8.38. The topological polar surface area (TPSA) is 27.4 Å². The van der Waals surface area contributed by atoms with E-state index in [1.807, 2.05) is 24.0 Å². The van der Waals surface area contributed by atoms with Gasteiger partial charge in [0, 0.05) is 51.3 Å². The Hall–Kier alpha value is -2.79. The van der Waals surface area contributed by atoms with Crippen molar-refractivity contribution in [3.05, 3.63) is 72.1 Å². The highest BCUT2D eigenvalue weighted by Gasteiger charge is 2.07. The fourth-order valence-electron chi connectivity index (χ4n) is 2.94. The lowest BCUT2D eigenvalue weighted by Crippen LogP contribution is -2.25. The Morgan fingerprint density at radius 2 is 1.59 bits per heavy atom. The summed E-state index contributed by atoms with van der Waals surface area (Å²) < 4.78 is 2.03. The van der Waals surface area contributed by atoms with Crippen molar-refractivity contribution >= 4 is 45.6 Å². The van der Waals surface area contributed by atoms with Gasteiger partial charge in [-0.1, -0.05) is 42.1 Å². The predicted molar refractivity (Wildman–Crippen MR) is 125 cm³/mol. The first-order valence-corrected chi connectivity index (χ1v) is 10.6. The zero-order chi connectivity index (χ0) is 20.8. The summed E-state index contributed by atoms with van der Waals surface area (Å²) >= 11 is 1.35. The molecule has 0 saturated carbocycles. The quantitative estimate of drug-likeness (QED) is 0.556. The normalized spacial score (nSPS) is 11.2. The molecule has 0 N–H and O–H groups in total. The fourth-order valence-corrected chi connectivity index (χ4v) is 3.73. The number of carbonyl (C=O) groups excluding carboxylic acids is 1. The number of anilines is 1. The van der Waals surface area contributed by atoms with Crippen LogP contribution in [0.15, 0.2) is 60.9 Å². The number of hydrogen-bond acceptors (Lipinski definition) is 3. The number of amides is 1. The average Bonchev–Trinajstić information content (AvgIpc) is 2.72. The Morgan fingerprint density at radius 3 is 2.31 bits per heavy atom. The Kier molecular flexibility index (Phi) is 6.94. The third kappa shape index (κ3) is 5.84. The fraction of sp³-hybridized carbons (Fsp3) is 0.250. The molecule has 150 valence electrons. The van der Waals surface area contributed by atoms with Crippen molar-refractivity contribution in [1.29, 1.82) is 0 Å². The lowest BCUT2D eigenvalue weighted by molar-refractivity contribution is -0.671. The summed E-state index contributed by atoms with van der Waals surface area (Å²) in [6.45, 7) is 0.825. The van der Waals surface area contributed by atoms with E-state index in [0.717, 1.165) is 18.0 Å². The maximum absolute atomic E-state index is 11.7. The zero-order valence-electron chi connectivity index (χ0n) is 17.5. The molecule has 0 aliphatic heterocycles. The third-order valence-corrected chi connectivity index (χ3v) is 5.78. The Morgan fingerprint density at radius 1 is 0.931 bits per heavy atom. The minimum absolute atomic E-state index is 0.0990. The average molecular weight is 407 g/mol. The summed E-state index contributed by atoms with van der Waals surface area (Å²) in [4.78, 5) is 15.5. The molecule has 0 saturated heterocycles. The van der Waals surface area contributed by atoms with Crippen molar-refractivity contribution in [3.63, 3.8) is 0 Å². The smallest absolute Gasteiger partial charge is 0.281 e. The van der Waals surface area contributed by atoms with Gasteiger partial charge in [0.15, 0.2) is 12.4 Å². The van der Waals surface area contributed by atoms with Crippen LogP contribution in [0.25, 0.3) is 22.9 Å². The molecule has 29 heavy (non-hydrogen) atoms. The first kappa shape index (κ1) is 20.9. The molecule has 2 aromatic carbocycles. The molecule has 3 rings (SSSR count). The van der Waals surface area contributed by atoms with E-state index in [-0.39, 0.29) is 5.24 Å². The van der Waals surface area contributed by atoms with Gasteiger partial charge in [-0.15, -0.1) is 0 Å². The monoisotopic (exact) mass is 406 g/mol. The third-order valence-electron chi connectivity index (χ3n) is 4.78. The van der Waals surface area contributed by atoms with E-state index >= 15 is 0 Å². The Labute approximate surface area is 177 Å². The molecule has 1 aromatic heterocycles. The van der Waals surface area contributed by atoms with Gasteiger partial charge < -0.3 is 9.80 Å². The predicted octanol–water partition coefficient (Wildman–Crippen LogP) is 4.69. The first-order chi connectivity index (χ1) is 13.9. The Balaban J connectivity index is 1.67. The number of fused-ring (bicyclic) bond motifs is 1. The van der Waals surface area contributed by atoms with Crippen LogP contribution in [0.1, 0.15) is 11.1 Å². The SMILES string of the molecule is CN(C)C(=O)SCCN(C)c1ccc2cc(/C=C/c3cc[n+](C)cc3)ccc2c1. The zero-order valence-corrected chi connectivity index (χ0v) is 18.3. The highest BCUT2D eigenvalue weighted by Crippen LogP contribution is 2.24. The van der Waals surface area contributed by atoms with Crippen molar-refractivity contribution in [2.75, 3.05) is 38.3 Å². The molecular formula is C24H28N3OS+. The van der Waals surface area contributed by atoms with E-state index in [2.05, 4.69) is 72.6 Å². The number of hydrogen-bond donors (Lipinski definition) is 0. The van der Waals surface area contributed by atoms with Crippen LogP contribution in [0, 0.1) is 0 Å². The summed E-state index contributed by atoms with van der Waals surface area (Å²) in [7, 11) is 7.65. The minimum atomic E-state index is 0.0990. The van der Waals surface area contributed by atoms with Gasteiger partial charge >= 0.3 is 0 Å². The van der Waals surface area contributed by atoms with Crippen molar-refractivity contribution in [1.82, 2.24) is 4.90 Å². The van der Waals surface area contributed by atoms with Gasteiger partial charge in [0.2, 0.25) is 0 Å². The highest BCUT2D eigenvalue weighted by atomic mass is 32.2. The van der Waals surface area contributed by atoms with Crippen molar-refractivity contribution in [2.24, 2.45) is 7.05 Å². The first-order valence-electron chi connectivity index (χ1n) is 9.65. The van der Waals surface area contributed by atoms with Crippen molar-refractivity contribution in [2.45, 2.75) is 0 Å². The molecule has 0 spiro atoms. The molecule has 0 atom stereocenters. The van der Waals surface area contributed by atoms with E-state index < -0.39 is 0 Å². The molecule has 0 fully saturated rings. The van der Waals surface area contributed by atoms with Gasteiger partial charge in [0.1, 0.15) is 7.05 Å². The molecule has 0 radical (unpaired) electrons. The van der Waals surface area contributed by atoms with Crippen LogP contribution in [-0.2, 0) is 7.05 Å². The number of nitrogens with zero attached hydrogens (tertiary/aromatic N) is 3. The van der Waals surface area contributed by atoms with Gasteiger partial charge in [-0.2, -0.15) is 0 Å². The minimum Gasteiger partial charge on any atom is -0.374 e. The van der Waals surface area contributed by atoms with Crippen LogP contribution in [0.2, 0.25) is 0 Å². The maximum atomic E-state index is 11.7. The number of pyridine rings is 1. The van der Waals surface area contributed by atoms with Gasteiger partial charge in [-0.25, -0.2) is 4.57 Å². The summed E-state index contributed by atoms with van der Waals surface area (Å²) in [5.74, 6) is 0.771. The van der Waals surface area contributed by atoms with Gasteiger partial charge in [0.25, 0.3) is 5.24 Å². The second kappa shape index (κ2) is 9.61. The lowest BCUT2D eigenvalue weighted by atomic mass is 10.0. The molecular weight excluding hydrogens is 378 g/mol. The molecule has 0 aliphatic rings. The van der Waals surface area contributed by atoms with Crippen LogP contribution in [0.4, 0.5) is 10.5 Å². The van der Waals surface area contributed by atoms with E-state index in [1.54, 1.807) is 19.0 Å². The van der Waals surface area contributed by atoms with E-state index in [4.69, 9.17) is 0 Å². The lowest BCUT2D eigenvalue weighted by Gasteiger charge is -2.20. The molecule has 1 amide bonds.